The van der Waals surface area contributed by atoms with E-state index < -0.39 is 20.5 Å². The van der Waals surface area contributed by atoms with Gasteiger partial charge in [-0.05, 0) is 17.5 Å². The Morgan fingerprint density at radius 1 is 1.41 bits per heavy atom. The van der Waals surface area contributed by atoms with E-state index in [1.54, 1.807) is 7.11 Å². The average Bonchev–Trinajstić information content (AvgIpc) is 2.45. The molecule has 0 aliphatic carbocycles. The van der Waals surface area contributed by atoms with Gasteiger partial charge in [0.25, 0.3) is 0 Å². The van der Waals surface area contributed by atoms with E-state index in [2.05, 4.69) is 46.9 Å². The normalized spacial score (nSPS) is 23.1. The van der Waals surface area contributed by atoms with E-state index in [4.69, 9.17) is 14.2 Å². The molecule has 0 bridgehead atoms. The fraction of sp³-hybridized carbons (Fsp3) is 0.824. The van der Waals surface area contributed by atoms with Crippen molar-refractivity contribution in [1.29, 1.82) is 0 Å². The molecule has 0 aromatic heterocycles. The average molecular weight is 329 g/mol. The maximum absolute atomic E-state index is 12.2. The van der Waals surface area contributed by atoms with E-state index in [1.165, 1.54) is 5.20 Å². The van der Waals surface area contributed by atoms with Crippen molar-refractivity contribution in [2.24, 2.45) is 0 Å². The monoisotopic (exact) mass is 328 g/mol. The molecule has 0 saturated heterocycles. The highest BCUT2D eigenvalue weighted by atomic mass is 28.3. The Balaban J connectivity index is 2.87. The first-order valence-corrected chi connectivity index (χ1v) is 11.2. The summed E-state index contributed by atoms with van der Waals surface area (Å²) in [7, 11) is -0.0882. The summed E-state index contributed by atoms with van der Waals surface area (Å²) in [6.45, 7) is 14.0. The summed E-state index contributed by atoms with van der Waals surface area (Å²) in [6.07, 6.45) is 3.58. The van der Waals surface area contributed by atoms with Gasteiger partial charge in [-0.25, -0.2) is 4.79 Å². The summed E-state index contributed by atoms with van der Waals surface area (Å²) in [4.78, 5) is 12.2. The van der Waals surface area contributed by atoms with Gasteiger partial charge in [0, 0.05) is 13.5 Å². The fourth-order valence-corrected chi connectivity index (χ4v) is 4.51. The first kappa shape index (κ1) is 19.4. The quantitative estimate of drug-likeness (QED) is 0.419. The molecule has 0 spiro atoms. The number of methoxy groups -OCH3 is 1. The van der Waals surface area contributed by atoms with Crippen molar-refractivity contribution in [2.75, 3.05) is 13.7 Å². The van der Waals surface area contributed by atoms with Gasteiger partial charge in [0.15, 0.2) is 12.4 Å². The van der Waals surface area contributed by atoms with Gasteiger partial charge in [-0.3, -0.25) is 0 Å². The van der Waals surface area contributed by atoms with Crippen LogP contribution in [0.3, 0.4) is 0 Å². The number of esters is 1. The molecule has 1 aliphatic rings. The van der Waals surface area contributed by atoms with E-state index in [0.29, 0.717) is 13.0 Å². The molecule has 0 aromatic rings. The van der Waals surface area contributed by atoms with E-state index >= 15 is 0 Å². The first-order valence-electron chi connectivity index (χ1n) is 8.19. The second-order valence-corrected chi connectivity index (χ2v) is 12.9. The standard InChI is InChI=1S/C17H32O4Si/c1-8-9-10-20-16(18)14-11-13(12-15(19-5)21-14)22(6,7)17(2,3)4/h12,14-15H,8-11H2,1-7H3/t14-,15-/m1/s1. The topological polar surface area (TPSA) is 44.8 Å². The van der Waals surface area contributed by atoms with Crippen molar-refractivity contribution < 1.29 is 19.0 Å². The summed E-state index contributed by atoms with van der Waals surface area (Å²) in [6, 6.07) is 0. The minimum Gasteiger partial charge on any atom is -0.464 e. The van der Waals surface area contributed by atoms with Gasteiger partial charge in [-0.15, -0.1) is 0 Å². The molecule has 128 valence electrons. The highest BCUT2D eigenvalue weighted by Gasteiger charge is 2.42. The maximum atomic E-state index is 12.2. The predicted octanol–water partition coefficient (Wildman–Crippen LogP) is 4.07. The van der Waals surface area contributed by atoms with E-state index in [1.807, 2.05) is 0 Å². The van der Waals surface area contributed by atoms with Crippen LogP contribution in [0.15, 0.2) is 11.3 Å². The molecule has 1 aliphatic heterocycles. The summed E-state index contributed by atoms with van der Waals surface area (Å²) in [5.74, 6) is -0.264. The molecule has 2 atom stereocenters. The molecule has 1 heterocycles. The smallest absolute Gasteiger partial charge is 0.335 e. The lowest BCUT2D eigenvalue weighted by atomic mass is 10.2. The lowest BCUT2D eigenvalue weighted by Crippen LogP contribution is -2.46. The molecule has 0 fully saturated rings. The highest BCUT2D eigenvalue weighted by molar-refractivity contribution is 6.86. The molecular formula is C17H32O4Si. The minimum atomic E-state index is -1.69. The molecule has 0 N–H and O–H groups in total. The lowest BCUT2D eigenvalue weighted by molar-refractivity contribution is -0.178. The van der Waals surface area contributed by atoms with E-state index in [9.17, 15) is 4.79 Å². The van der Waals surface area contributed by atoms with Crippen LogP contribution in [0.2, 0.25) is 18.1 Å². The van der Waals surface area contributed by atoms with Crippen LogP contribution >= 0.6 is 0 Å². The number of carbonyl (C=O) groups excluding carboxylic acids is 1. The first-order chi connectivity index (χ1) is 10.1. The van der Waals surface area contributed by atoms with Crippen molar-refractivity contribution in [3.8, 4) is 0 Å². The van der Waals surface area contributed by atoms with Gasteiger partial charge in [0.2, 0.25) is 0 Å². The van der Waals surface area contributed by atoms with Crippen molar-refractivity contribution in [3.63, 3.8) is 0 Å². The van der Waals surface area contributed by atoms with Crippen molar-refractivity contribution >= 4 is 14.0 Å². The summed E-state index contributed by atoms with van der Waals surface area (Å²) in [5, 5.41) is 1.54. The number of unbranched alkanes of at least 4 members (excludes halogenated alkanes) is 1. The third-order valence-corrected chi connectivity index (χ3v) is 10.7. The summed E-state index contributed by atoms with van der Waals surface area (Å²) >= 11 is 0. The number of hydrogen-bond acceptors (Lipinski definition) is 4. The van der Waals surface area contributed by atoms with Gasteiger partial charge < -0.3 is 14.2 Å². The SMILES string of the molecule is CCCCOC(=O)[C@H]1CC([Si](C)(C)C(C)(C)C)=C[C@H](OC)O1. The van der Waals surface area contributed by atoms with Crippen LogP contribution in [-0.2, 0) is 19.0 Å². The molecule has 0 unspecified atom stereocenters. The van der Waals surface area contributed by atoms with Crippen LogP contribution in [0.5, 0.6) is 0 Å². The number of carbonyl (C=O) groups is 1. The van der Waals surface area contributed by atoms with Gasteiger partial charge in [0.1, 0.15) is 0 Å². The Hall–Kier alpha value is -0.653. The van der Waals surface area contributed by atoms with Crippen molar-refractivity contribution in [3.05, 3.63) is 11.3 Å². The zero-order valence-electron chi connectivity index (χ0n) is 15.2. The molecule has 5 heteroatoms. The second kappa shape index (κ2) is 7.75. The second-order valence-electron chi connectivity index (χ2n) is 7.52. The Labute approximate surface area is 136 Å². The predicted molar refractivity (Wildman–Crippen MR) is 91.4 cm³/mol. The Morgan fingerprint density at radius 3 is 2.55 bits per heavy atom. The van der Waals surface area contributed by atoms with Gasteiger partial charge in [0.05, 0.1) is 14.7 Å². The Morgan fingerprint density at radius 2 is 2.05 bits per heavy atom. The molecule has 0 radical (unpaired) electrons. The van der Waals surface area contributed by atoms with Crippen LogP contribution < -0.4 is 0 Å². The summed E-state index contributed by atoms with van der Waals surface area (Å²) < 4.78 is 16.4. The van der Waals surface area contributed by atoms with Gasteiger partial charge in [-0.2, -0.15) is 0 Å². The van der Waals surface area contributed by atoms with Crippen LogP contribution in [0.4, 0.5) is 0 Å². The lowest BCUT2D eigenvalue weighted by Gasteiger charge is -2.42. The van der Waals surface area contributed by atoms with E-state index in [-0.39, 0.29) is 11.0 Å². The molecule has 0 amide bonds. The van der Waals surface area contributed by atoms with Crippen LogP contribution in [0.1, 0.15) is 47.0 Å². The molecular weight excluding hydrogens is 296 g/mol. The zero-order valence-corrected chi connectivity index (χ0v) is 16.2. The van der Waals surface area contributed by atoms with Crippen LogP contribution in [0.25, 0.3) is 0 Å². The third kappa shape index (κ3) is 4.67. The molecule has 22 heavy (non-hydrogen) atoms. The number of hydrogen-bond donors (Lipinski definition) is 0. The summed E-state index contributed by atoms with van der Waals surface area (Å²) in [5.41, 5.74) is 0. The molecule has 0 saturated carbocycles. The molecule has 1 rings (SSSR count). The highest BCUT2D eigenvalue weighted by Crippen LogP contribution is 2.43. The van der Waals surface area contributed by atoms with Crippen LogP contribution in [0, 0.1) is 0 Å². The van der Waals surface area contributed by atoms with Gasteiger partial charge in [-0.1, -0.05) is 52.4 Å². The largest absolute Gasteiger partial charge is 0.464 e. The zero-order chi connectivity index (χ0) is 17.0. The van der Waals surface area contributed by atoms with Crippen molar-refractivity contribution in [2.45, 2.75) is 77.5 Å². The van der Waals surface area contributed by atoms with Gasteiger partial charge >= 0.3 is 5.97 Å². The van der Waals surface area contributed by atoms with E-state index in [0.717, 1.165) is 12.8 Å². The van der Waals surface area contributed by atoms with Crippen LogP contribution in [-0.4, -0.2) is 40.2 Å². The number of ether oxygens (including phenoxy) is 3. The number of rotatable bonds is 6. The maximum Gasteiger partial charge on any atom is 0.335 e. The fourth-order valence-electron chi connectivity index (χ4n) is 2.30. The molecule has 0 aromatic carbocycles. The molecule has 4 nitrogen and oxygen atoms in total. The minimum absolute atomic E-state index is 0.213. The third-order valence-electron chi connectivity index (χ3n) is 4.96. The Bertz CT molecular complexity index is 409. The van der Waals surface area contributed by atoms with Crippen molar-refractivity contribution in [1.82, 2.24) is 0 Å². The Kier molecular flexibility index (Phi) is 6.83.